The van der Waals surface area contributed by atoms with Gasteiger partial charge in [0.15, 0.2) is 0 Å². The lowest BCUT2D eigenvalue weighted by molar-refractivity contribution is -0.908. The van der Waals surface area contributed by atoms with Crippen LogP contribution in [0.15, 0.2) is 29.3 Å². The number of carbonyl (C=O) groups is 1. The zero-order chi connectivity index (χ0) is 18.8. The first-order valence-corrected chi connectivity index (χ1v) is 9.20. The minimum absolute atomic E-state index is 0.227. The van der Waals surface area contributed by atoms with Crippen molar-refractivity contribution >= 4 is 11.9 Å². The van der Waals surface area contributed by atoms with Gasteiger partial charge < -0.3 is 14.4 Å². The van der Waals surface area contributed by atoms with Crippen molar-refractivity contribution < 1.29 is 23.6 Å². The molecule has 0 aromatic heterocycles. The van der Waals surface area contributed by atoms with Crippen molar-refractivity contribution in [1.29, 1.82) is 0 Å². The van der Waals surface area contributed by atoms with E-state index in [1.165, 1.54) is 29.2 Å². The van der Waals surface area contributed by atoms with Crippen molar-refractivity contribution in [2.45, 2.75) is 20.3 Å². The van der Waals surface area contributed by atoms with Gasteiger partial charge in [0, 0.05) is 18.5 Å². The van der Waals surface area contributed by atoms with Crippen molar-refractivity contribution in [3.63, 3.8) is 0 Å². The highest BCUT2D eigenvalue weighted by atomic mass is 19.1. The van der Waals surface area contributed by atoms with Gasteiger partial charge in [-0.25, -0.2) is 9.38 Å². The molecule has 1 fully saturated rings. The summed E-state index contributed by atoms with van der Waals surface area (Å²) in [6.07, 6.45) is 0.913. The van der Waals surface area contributed by atoms with Crippen LogP contribution in [0.3, 0.4) is 0 Å². The second-order valence-corrected chi connectivity index (χ2v) is 6.82. The first kappa shape index (κ1) is 20.3. The molecular weight excluding hydrogens is 337 g/mol. The fourth-order valence-electron chi connectivity index (χ4n) is 2.56. The smallest absolute Gasteiger partial charge is 0.291 e. The molecule has 6 nitrogen and oxygen atoms in total. The van der Waals surface area contributed by atoms with Crippen molar-refractivity contribution in [3.05, 3.63) is 35.6 Å². The van der Waals surface area contributed by atoms with Crippen LogP contribution >= 0.6 is 0 Å². The third kappa shape index (κ3) is 7.49. The quantitative estimate of drug-likeness (QED) is 0.428. The molecule has 1 amide bonds. The predicted molar refractivity (Wildman–Crippen MR) is 98.0 cm³/mol. The average molecular weight is 366 g/mol. The zero-order valence-corrected chi connectivity index (χ0v) is 15.6. The number of morpholine rings is 1. The Kier molecular flexibility index (Phi) is 8.50. The van der Waals surface area contributed by atoms with Crippen LogP contribution in [-0.2, 0) is 9.47 Å². The summed E-state index contributed by atoms with van der Waals surface area (Å²) in [4.78, 5) is 18.2. The molecule has 26 heavy (non-hydrogen) atoms. The predicted octanol–water partition coefficient (Wildman–Crippen LogP) is 0.889. The van der Waals surface area contributed by atoms with Crippen LogP contribution < -0.4 is 10.2 Å². The van der Waals surface area contributed by atoms with Gasteiger partial charge in [0.2, 0.25) is 0 Å². The number of ether oxygens (including phenoxy) is 2. The Morgan fingerprint density at radius 1 is 1.31 bits per heavy atom. The molecule has 0 saturated carbocycles. The molecule has 1 saturated heterocycles. The van der Waals surface area contributed by atoms with Gasteiger partial charge in [0.05, 0.1) is 26.4 Å². The first-order valence-electron chi connectivity index (χ1n) is 9.20. The first-order chi connectivity index (χ1) is 12.5. The van der Waals surface area contributed by atoms with Crippen LogP contribution in [0.1, 0.15) is 30.6 Å². The Morgan fingerprint density at radius 2 is 2.00 bits per heavy atom. The fourth-order valence-corrected chi connectivity index (χ4v) is 2.56. The van der Waals surface area contributed by atoms with E-state index < -0.39 is 0 Å². The van der Waals surface area contributed by atoms with Gasteiger partial charge in [-0.15, -0.1) is 0 Å². The molecule has 144 valence electrons. The van der Waals surface area contributed by atoms with Crippen LogP contribution in [0.5, 0.6) is 0 Å². The number of amidine groups is 1. The molecule has 1 aliphatic rings. The number of quaternary nitrogens is 1. The molecule has 0 unspecified atom stereocenters. The molecule has 0 aliphatic carbocycles. The van der Waals surface area contributed by atoms with Gasteiger partial charge in [0.1, 0.15) is 18.9 Å². The molecule has 1 heterocycles. The van der Waals surface area contributed by atoms with E-state index in [4.69, 9.17) is 9.47 Å². The van der Waals surface area contributed by atoms with Crippen molar-refractivity contribution in [2.24, 2.45) is 10.9 Å². The summed E-state index contributed by atoms with van der Waals surface area (Å²) in [5.74, 6) is -0.413. The second kappa shape index (κ2) is 10.9. The molecule has 2 N–H and O–H groups in total. The van der Waals surface area contributed by atoms with Crippen LogP contribution in [0.25, 0.3) is 0 Å². The third-order valence-electron chi connectivity index (χ3n) is 4.02. The SMILES string of the molecule is CC(C)COC(=NCCC[NH+]1CCOCC1)NC(=O)c1ccc(F)cc1. The molecular formula is C19H29FN3O3+. The van der Waals surface area contributed by atoms with E-state index in [0.717, 1.165) is 39.3 Å². The summed E-state index contributed by atoms with van der Waals surface area (Å²) in [5, 5.41) is 2.69. The minimum Gasteiger partial charge on any atom is -0.465 e. The van der Waals surface area contributed by atoms with E-state index in [0.29, 0.717) is 24.6 Å². The normalized spacial score (nSPS) is 15.9. The zero-order valence-electron chi connectivity index (χ0n) is 15.6. The summed E-state index contributed by atoms with van der Waals surface area (Å²) in [6.45, 7) is 9.82. The van der Waals surface area contributed by atoms with E-state index >= 15 is 0 Å². The van der Waals surface area contributed by atoms with Crippen LogP contribution in [-0.4, -0.2) is 57.9 Å². The van der Waals surface area contributed by atoms with Crippen LogP contribution in [0.4, 0.5) is 4.39 Å². The Balaban J connectivity index is 1.86. The maximum atomic E-state index is 13.0. The van der Waals surface area contributed by atoms with E-state index in [1.54, 1.807) is 0 Å². The third-order valence-corrected chi connectivity index (χ3v) is 4.02. The van der Waals surface area contributed by atoms with E-state index in [-0.39, 0.29) is 17.7 Å². The Labute approximate surface area is 154 Å². The minimum atomic E-state index is -0.378. The molecule has 0 atom stereocenters. The van der Waals surface area contributed by atoms with Crippen LogP contribution in [0.2, 0.25) is 0 Å². The summed E-state index contributed by atoms with van der Waals surface area (Å²) in [5.41, 5.74) is 0.366. The van der Waals surface area contributed by atoms with E-state index in [1.807, 2.05) is 13.8 Å². The number of hydrogen-bond donors (Lipinski definition) is 2. The number of nitrogens with one attached hydrogen (secondary N) is 2. The summed E-state index contributed by atoms with van der Waals surface area (Å²) >= 11 is 0. The molecule has 1 aromatic carbocycles. The summed E-state index contributed by atoms with van der Waals surface area (Å²) in [6, 6.07) is 5.61. The number of benzene rings is 1. The van der Waals surface area contributed by atoms with Gasteiger partial charge in [-0.3, -0.25) is 10.1 Å². The highest BCUT2D eigenvalue weighted by Crippen LogP contribution is 2.03. The number of carbonyl (C=O) groups excluding carboxylic acids is 1. The summed E-state index contributed by atoms with van der Waals surface area (Å²) < 4.78 is 24.0. The van der Waals surface area contributed by atoms with Gasteiger partial charge in [-0.2, -0.15) is 0 Å². The topological polar surface area (TPSA) is 64.4 Å². The lowest BCUT2D eigenvalue weighted by atomic mass is 10.2. The Hall–Kier alpha value is -1.99. The maximum absolute atomic E-state index is 13.0. The standard InChI is InChI=1S/C19H28FN3O3/c1-15(2)14-26-19(21-8-3-9-23-10-12-25-13-11-23)22-18(24)16-4-6-17(20)7-5-16/h4-7,15H,3,8-14H2,1-2H3,(H,21,22,24)/p+1. The number of halogens is 1. The van der Waals surface area contributed by atoms with Gasteiger partial charge in [0.25, 0.3) is 11.9 Å². The van der Waals surface area contributed by atoms with Crippen LogP contribution in [0, 0.1) is 11.7 Å². The number of aliphatic imine (C=N–C) groups is 1. The lowest BCUT2D eigenvalue weighted by Gasteiger charge is -2.23. The average Bonchev–Trinajstić information content (AvgIpc) is 2.64. The maximum Gasteiger partial charge on any atom is 0.291 e. The highest BCUT2D eigenvalue weighted by Gasteiger charge is 2.14. The number of nitrogens with zero attached hydrogens (tertiary/aromatic N) is 1. The Bertz CT molecular complexity index is 584. The van der Waals surface area contributed by atoms with Crippen molar-refractivity contribution in [3.8, 4) is 0 Å². The number of amides is 1. The molecule has 0 bridgehead atoms. The second-order valence-electron chi connectivity index (χ2n) is 6.82. The largest absolute Gasteiger partial charge is 0.465 e. The number of rotatable bonds is 7. The summed E-state index contributed by atoms with van der Waals surface area (Å²) in [7, 11) is 0. The Morgan fingerprint density at radius 3 is 2.65 bits per heavy atom. The molecule has 2 rings (SSSR count). The van der Waals surface area contributed by atoms with Crippen molar-refractivity contribution in [1.82, 2.24) is 5.32 Å². The number of hydrogen-bond acceptors (Lipinski definition) is 4. The molecule has 1 aliphatic heterocycles. The van der Waals surface area contributed by atoms with Crippen molar-refractivity contribution in [2.75, 3.05) is 46.0 Å². The van der Waals surface area contributed by atoms with Gasteiger partial charge in [-0.1, -0.05) is 13.8 Å². The molecule has 0 radical (unpaired) electrons. The molecule has 1 aromatic rings. The van der Waals surface area contributed by atoms with Gasteiger partial charge >= 0.3 is 0 Å². The highest BCUT2D eigenvalue weighted by molar-refractivity contribution is 6.04. The molecule has 7 heteroatoms. The van der Waals surface area contributed by atoms with E-state index in [9.17, 15) is 9.18 Å². The fraction of sp³-hybridized carbons (Fsp3) is 0.579. The monoisotopic (exact) mass is 366 g/mol. The lowest BCUT2D eigenvalue weighted by Crippen LogP contribution is -3.14. The van der Waals surface area contributed by atoms with Gasteiger partial charge in [-0.05, 0) is 30.2 Å². The molecule has 0 spiro atoms. The van der Waals surface area contributed by atoms with E-state index in [2.05, 4.69) is 10.3 Å².